The first-order valence-electron chi connectivity index (χ1n) is 7.18. The summed E-state index contributed by atoms with van der Waals surface area (Å²) in [6, 6.07) is 7.54. The molecule has 5 heteroatoms. The summed E-state index contributed by atoms with van der Waals surface area (Å²) in [6.45, 7) is 6.78. The summed E-state index contributed by atoms with van der Waals surface area (Å²) >= 11 is 0. The van der Waals surface area contributed by atoms with Gasteiger partial charge in [0.25, 0.3) is 0 Å². The number of hydrogen-bond donors (Lipinski definition) is 1. The van der Waals surface area contributed by atoms with E-state index in [-0.39, 0.29) is 12.1 Å². The largest absolute Gasteiger partial charge is 0.493 e. The van der Waals surface area contributed by atoms with Gasteiger partial charge >= 0.3 is 0 Å². The van der Waals surface area contributed by atoms with Crippen molar-refractivity contribution >= 4 is 0 Å². The van der Waals surface area contributed by atoms with Gasteiger partial charge in [-0.05, 0) is 38.5 Å². The van der Waals surface area contributed by atoms with E-state index in [1.54, 1.807) is 13.3 Å². The van der Waals surface area contributed by atoms with Crippen molar-refractivity contribution in [2.75, 3.05) is 7.11 Å². The van der Waals surface area contributed by atoms with Crippen LogP contribution in [0.1, 0.15) is 38.1 Å². The third kappa shape index (κ3) is 3.36. The molecule has 5 nitrogen and oxygen atoms in total. The average Bonchev–Trinajstić information content (AvgIpc) is 2.89. The van der Waals surface area contributed by atoms with E-state index in [0.717, 1.165) is 23.6 Å². The second kappa shape index (κ2) is 6.63. The number of rotatable bonds is 6. The Morgan fingerprint density at radius 3 is 2.71 bits per heavy atom. The van der Waals surface area contributed by atoms with Crippen LogP contribution < -0.4 is 15.2 Å². The monoisotopic (exact) mass is 289 g/mol. The highest BCUT2D eigenvalue weighted by Gasteiger charge is 2.20. The molecule has 1 aromatic carbocycles. The highest BCUT2D eigenvalue weighted by Crippen LogP contribution is 2.30. The van der Waals surface area contributed by atoms with Gasteiger partial charge in [-0.2, -0.15) is 5.10 Å². The van der Waals surface area contributed by atoms with Crippen LogP contribution in [0.3, 0.4) is 0 Å². The number of nitrogens with two attached hydrogens (primary N) is 1. The molecule has 2 rings (SSSR count). The fourth-order valence-electron chi connectivity index (χ4n) is 2.31. The second-order valence-corrected chi connectivity index (χ2v) is 5.13. The van der Waals surface area contributed by atoms with E-state index in [9.17, 15) is 0 Å². The number of methoxy groups -OCH3 is 1. The molecule has 1 aromatic heterocycles. The smallest absolute Gasteiger partial charge is 0.161 e. The van der Waals surface area contributed by atoms with Crippen LogP contribution in [0.4, 0.5) is 0 Å². The molecule has 0 aliphatic carbocycles. The fourth-order valence-corrected chi connectivity index (χ4v) is 2.31. The lowest BCUT2D eigenvalue weighted by molar-refractivity contribution is 0.242. The van der Waals surface area contributed by atoms with Crippen LogP contribution in [0.5, 0.6) is 11.5 Å². The molecule has 0 aliphatic heterocycles. The third-order valence-electron chi connectivity index (χ3n) is 3.25. The van der Waals surface area contributed by atoms with E-state index in [1.165, 1.54) is 0 Å². The molecule has 0 spiro atoms. The molecule has 0 amide bonds. The minimum atomic E-state index is -0.307. The van der Waals surface area contributed by atoms with E-state index >= 15 is 0 Å². The van der Waals surface area contributed by atoms with Crippen LogP contribution in [-0.4, -0.2) is 23.0 Å². The van der Waals surface area contributed by atoms with Crippen LogP contribution in [0.2, 0.25) is 0 Å². The predicted octanol–water partition coefficient (Wildman–Crippen LogP) is 2.75. The lowest BCUT2D eigenvalue weighted by Gasteiger charge is -2.17. The van der Waals surface area contributed by atoms with Crippen molar-refractivity contribution in [3.05, 3.63) is 41.7 Å². The summed E-state index contributed by atoms with van der Waals surface area (Å²) in [5, 5.41) is 4.30. The summed E-state index contributed by atoms with van der Waals surface area (Å²) in [7, 11) is 1.63. The van der Waals surface area contributed by atoms with Crippen LogP contribution in [-0.2, 0) is 6.54 Å². The van der Waals surface area contributed by atoms with Crippen molar-refractivity contribution in [2.24, 2.45) is 5.73 Å². The SMILES string of the molecule is CCn1ncc(OC)c1C(N)c1cccc(OC(C)C)c1. The van der Waals surface area contributed by atoms with E-state index in [0.29, 0.717) is 5.75 Å². The van der Waals surface area contributed by atoms with E-state index in [2.05, 4.69) is 5.10 Å². The van der Waals surface area contributed by atoms with Crippen LogP contribution >= 0.6 is 0 Å². The summed E-state index contributed by atoms with van der Waals surface area (Å²) in [4.78, 5) is 0. The summed E-state index contributed by atoms with van der Waals surface area (Å²) in [6.07, 6.45) is 1.83. The van der Waals surface area contributed by atoms with E-state index < -0.39 is 0 Å². The normalized spacial score (nSPS) is 12.5. The Morgan fingerprint density at radius 1 is 1.33 bits per heavy atom. The molecule has 1 unspecified atom stereocenters. The summed E-state index contributed by atoms with van der Waals surface area (Å²) in [5.41, 5.74) is 8.27. The van der Waals surface area contributed by atoms with Crippen LogP contribution in [0.15, 0.2) is 30.5 Å². The lowest BCUT2D eigenvalue weighted by atomic mass is 10.0. The van der Waals surface area contributed by atoms with Gasteiger partial charge in [-0.15, -0.1) is 0 Å². The first kappa shape index (κ1) is 15.4. The Labute approximate surface area is 125 Å². The molecule has 0 saturated carbocycles. The molecule has 114 valence electrons. The number of nitrogens with zero attached hydrogens (tertiary/aromatic N) is 2. The van der Waals surface area contributed by atoms with E-state index in [4.69, 9.17) is 15.2 Å². The van der Waals surface area contributed by atoms with Crippen LogP contribution in [0, 0.1) is 0 Å². The van der Waals surface area contributed by atoms with Crippen molar-refractivity contribution in [1.82, 2.24) is 9.78 Å². The number of benzene rings is 1. The Morgan fingerprint density at radius 2 is 2.10 bits per heavy atom. The molecule has 1 atom stereocenters. The Hall–Kier alpha value is -2.01. The van der Waals surface area contributed by atoms with Crippen molar-refractivity contribution in [1.29, 1.82) is 0 Å². The van der Waals surface area contributed by atoms with Crippen molar-refractivity contribution < 1.29 is 9.47 Å². The molecule has 0 radical (unpaired) electrons. The maximum atomic E-state index is 6.42. The van der Waals surface area contributed by atoms with Gasteiger partial charge < -0.3 is 15.2 Å². The second-order valence-electron chi connectivity index (χ2n) is 5.13. The molecule has 0 fully saturated rings. The number of aryl methyl sites for hydroxylation is 1. The van der Waals surface area contributed by atoms with E-state index in [1.807, 2.05) is 49.7 Å². The highest BCUT2D eigenvalue weighted by molar-refractivity contribution is 5.39. The van der Waals surface area contributed by atoms with Gasteiger partial charge in [0, 0.05) is 6.54 Å². The fraction of sp³-hybridized carbons (Fsp3) is 0.438. The molecule has 0 aliphatic rings. The van der Waals surface area contributed by atoms with Gasteiger partial charge in [0.15, 0.2) is 5.75 Å². The van der Waals surface area contributed by atoms with Crippen molar-refractivity contribution in [3.8, 4) is 11.5 Å². The standard InChI is InChI=1S/C16H23N3O2/c1-5-19-16(14(20-4)10-18-19)15(17)12-7-6-8-13(9-12)21-11(2)3/h6-11,15H,5,17H2,1-4H3. The molecule has 21 heavy (non-hydrogen) atoms. The summed E-state index contributed by atoms with van der Waals surface area (Å²) < 4.78 is 13.0. The van der Waals surface area contributed by atoms with Crippen molar-refractivity contribution in [2.45, 2.75) is 39.5 Å². The zero-order valence-corrected chi connectivity index (χ0v) is 13.0. The molecule has 0 bridgehead atoms. The third-order valence-corrected chi connectivity index (χ3v) is 3.25. The first-order chi connectivity index (χ1) is 10.1. The molecular formula is C16H23N3O2. The molecule has 1 heterocycles. The minimum absolute atomic E-state index is 0.132. The Balaban J connectivity index is 2.35. The Kier molecular flexibility index (Phi) is 4.85. The van der Waals surface area contributed by atoms with Gasteiger partial charge in [0.2, 0.25) is 0 Å². The predicted molar refractivity (Wildman–Crippen MR) is 82.7 cm³/mol. The van der Waals surface area contributed by atoms with Gasteiger partial charge in [0.1, 0.15) is 11.4 Å². The average molecular weight is 289 g/mol. The molecular weight excluding hydrogens is 266 g/mol. The number of hydrogen-bond acceptors (Lipinski definition) is 4. The maximum Gasteiger partial charge on any atom is 0.161 e. The highest BCUT2D eigenvalue weighted by atomic mass is 16.5. The Bertz CT molecular complexity index is 571. The maximum absolute atomic E-state index is 6.42. The van der Waals surface area contributed by atoms with Crippen LogP contribution in [0.25, 0.3) is 0 Å². The van der Waals surface area contributed by atoms with Gasteiger partial charge in [-0.3, -0.25) is 4.68 Å². The zero-order valence-electron chi connectivity index (χ0n) is 13.0. The lowest BCUT2D eigenvalue weighted by Crippen LogP contribution is -2.18. The zero-order chi connectivity index (χ0) is 15.4. The molecule has 2 N–H and O–H groups in total. The molecule has 0 saturated heterocycles. The topological polar surface area (TPSA) is 62.3 Å². The molecule has 2 aromatic rings. The first-order valence-corrected chi connectivity index (χ1v) is 7.18. The van der Waals surface area contributed by atoms with Gasteiger partial charge in [0.05, 0.1) is 25.5 Å². The number of ether oxygens (including phenoxy) is 2. The quantitative estimate of drug-likeness (QED) is 0.888. The van der Waals surface area contributed by atoms with Gasteiger partial charge in [-0.25, -0.2) is 0 Å². The minimum Gasteiger partial charge on any atom is -0.493 e. The van der Waals surface area contributed by atoms with Crippen molar-refractivity contribution in [3.63, 3.8) is 0 Å². The van der Waals surface area contributed by atoms with Gasteiger partial charge in [-0.1, -0.05) is 12.1 Å². The summed E-state index contributed by atoms with van der Waals surface area (Å²) in [5.74, 6) is 1.53. The number of aromatic nitrogens is 2.